The van der Waals surface area contributed by atoms with Gasteiger partial charge in [0.25, 0.3) is 5.89 Å². The second-order valence-electron chi connectivity index (χ2n) is 8.54. The van der Waals surface area contributed by atoms with Crippen LogP contribution in [0.2, 0.25) is 0 Å². The van der Waals surface area contributed by atoms with Gasteiger partial charge in [0, 0.05) is 5.56 Å². The average molecular weight is 493 g/mol. The van der Waals surface area contributed by atoms with Crippen LogP contribution in [-0.2, 0) is 17.5 Å². The van der Waals surface area contributed by atoms with Crippen molar-refractivity contribution >= 4 is 23.3 Å². The summed E-state index contributed by atoms with van der Waals surface area (Å²) in [5, 5.41) is 3.86. The molecule has 10 heteroatoms. The number of urea groups is 1. The molecule has 5 rings (SSSR count). The molecule has 0 fully saturated rings. The Labute approximate surface area is 203 Å². The smallest absolute Gasteiger partial charge is 0.335 e. The molecule has 36 heavy (non-hydrogen) atoms. The van der Waals surface area contributed by atoms with Crippen LogP contribution in [0.4, 0.5) is 23.7 Å². The highest BCUT2D eigenvalue weighted by atomic mass is 19.4. The first kappa shape index (κ1) is 23.4. The second kappa shape index (κ2) is 8.71. The van der Waals surface area contributed by atoms with E-state index in [2.05, 4.69) is 10.1 Å². The molecule has 3 aromatic rings. The first-order chi connectivity index (χ1) is 17.1. The van der Waals surface area contributed by atoms with Gasteiger partial charge in [0.2, 0.25) is 5.82 Å². The van der Waals surface area contributed by atoms with Crippen LogP contribution < -0.4 is 4.90 Å². The van der Waals surface area contributed by atoms with Crippen LogP contribution in [0.3, 0.4) is 0 Å². The molecule has 182 valence electrons. The van der Waals surface area contributed by atoms with E-state index in [1.165, 1.54) is 16.7 Å². The number of benzene rings is 2. The summed E-state index contributed by atoms with van der Waals surface area (Å²) in [6.07, 6.45) is 2.42. The van der Waals surface area contributed by atoms with Gasteiger partial charge in [-0.2, -0.15) is 27.5 Å². The third-order valence-electron chi connectivity index (χ3n) is 6.20. The Hall–Kier alpha value is -4.34. The van der Waals surface area contributed by atoms with Crippen molar-refractivity contribution in [1.29, 1.82) is 0 Å². The van der Waals surface area contributed by atoms with Crippen molar-refractivity contribution in [3.8, 4) is 11.4 Å². The van der Waals surface area contributed by atoms with E-state index >= 15 is 0 Å². The number of fused-ring (bicyclic) bond motifs is 1. The van der Waals surface area contributed by atoms with E-state index in [1.54, 1.807) is 36.4 Å². The molecule has 0 N–H and O–H groups in total. The molecule has 1 aliphatic carbocycles. The maximum absolute atomic E-state index is 13.6. The summed E-state index contributed by atoms with van der Waals surface area (Å²) in [5.41, 5.74) is 2.44. The Balaban J connectivity index is 1.48. The van der Waals surface area contributed by atoms with E-state index in [0.717, 1.165) is 28.2 Å². The van der Waals surface area contributed by atoms with E-state index in [1.807, 2.05) is 19.9 Å². The molecule has 1 aromatic heterocycles. The van der Waals surface area contributed by atoms with E-state index in [4.69, 9.17) is 4.52 Å². The molecular formula is C26H20F3N4O3+. The highest BCUT2D eigenvalue weighted by Gasteiger charge is 2.48. The third-order valence-corrected chi connectivity index (χ3v) is 6.20. The Morgan fingerprint density at radius 1 is 1.03 bits per heavy atom. The molecule has 0 radical (unpaired) electrons. The zero-order valence-corrected chi connectivity index (χ0v) is 19.3. The number of halogens is 3. The number of aromatic nitrogens is 2. The van der Waals surface area contributed by atoms with Crippen LogP contribution in [-0.4, -0.2) is 32.4 Å². The number of rotatable bonds is 4. The SMILES string of the molecule is Cc1ccc(N2C(=O)C3C=CC=CC3=[N+](Cc3nc(-c4ccc(C(F)(F)F)cc4)no3)C2=O)cc1C. The first-order valence-electron chi connectivity index (χ1n) is 11.1. The van der Waals surface area contributed by atoms with Gasteiger partial charge in [-0.15, -0.1) is 4.90 Å². The Morgan fingerprint density at radius 3 is 2.47 bits per heavy atom. The van der Waals surface area contributed by atoms with Gasteiger partial charge in [-0.05, 0) is 55.3 Å². The van der Waals surface area contributed by atoms with E-state index in [0.29, 0.717) is 17.0 Å². The molecule has 1 atom stereocenters. The molecule has 0 spiro atoms. The minimum atomic E-state index is -4.45. The lowest BCUT2D eigenvalue weighted by Gasteiger charge is -2.26. The fourth-order valence-corrected chi connectivity index (χ4v) is 4.10. The zero-order chi connectivity index (χ0) is 25.6. The van der Waals surface area contributed by atoms with Crippen molar-refractivity contribution in [3.63, 3.8) is 0 Å². The predicted octanol–water partition coefficient (Wildman–Crippen LogP) is 5.23. The molecule has 3 amide bonds. The minimum absolute atomic E-state index is 0.0711. The van der Waals surface area contributed by atoms with E-state index < -0.39 is 23.7 Å². The molecular weight excluding hydrogens is 473 g/mol. The van der Waals surface area contributed by atoms with Crippen molar-refractivity contribution in [2.75, 3.05) is 4.90 Å². The lowest BCUT2D eigenvalue weighted by molar-refractivity contribution is -0.449. The summed E-state index contributed by atoms with van der Waals surface area (Å²) in [6.45, 7) is 3.72. The maximum Gasteiger partial charge on any atom is 0.506 e. The molecule has 7 nitrogen and oxygen atoms in total. The monoisotopic (exact) mass is 493 g/mol. The van der Waals surface area contributed by atoms with Gasteiger partial charge < -0.3 is 4.52 Å². The van der Waals surface area contributed by atoms with Gasteiger partial charge in [-0.1, -0.05) is 41.6 Å². The number of alkyl halides is 3. The van der Waals surface area contributed by atoms with E-state index in [-0.39, 0.29) is 24.2 Å². The van der Waals surface area contributed by atoms with Crippen LogP contribution >= 0.6 is 0 Å². The Bertz CT molecular complexity index is 1470. The number of carbonyl (C=O) groups excluding carboxylic acids is 2. The van der Waals surface area contributed by atoms with Crippen molar-refractivity contribution in [1.82, 2.24) is 10.1 Å². The number of aryl methyl sites for hydroxylation is 2. The number of imide groups is 1. The molecule has 1 aliphatic heterocycles. The summed E-state index contributed by atoms with van der Waals surface area (Å²) >= 11 is 0. The largest absolute Gasteiger partial charge is 0.506 e. The fraction of sp³-hybridized carbons (Fsp3) is 0.192. The molecule has 2 aromatic carbocycles. The molecule has 2 aliphatic rings. The number of hydrogen-bond acceptors (Lipinski definition) is 5. The quantitative estimate of drug-likeness (QED) is 0.465. The Morgan fingerprint density at radius 2 is 1.78 bits per heavy atom. The minimum Gasteiger partial charge on any atom is -0.335 e. The second-order valence-corrected chi connectivity index (χ2v) is 8.54. The van der Waals surface area contributed by atoms with Crippen molar-refractivity contribution in [3.05, 3.63) is 89.3 Å². The normalized spacial score (nSPS) is 17.7. The molecule has 0 bridgehead atoms. The number of nitrogens with zero attached hydrogens (tertiary/aromatic N) is 4. The lowest BCUT2D eigenvalue weighted by Crippen LogP contribution is -2.54. The number of anilines is 1. The summed E-state index contributed by atoms with van der Waals surface area (Å²) in [4.78, 5) is 32.3. The molecule has 0 saturated heterocycles. The first-order valence-corrected chi connectivity index (χ1v) is 11.1. The summed E-state index contributed by atoms with van der Waals surface area (Å²) in [6, 6.07) is 9.17. The van der Waals surface area contributed by atoms with Gasteiger partial charge in [0.15, 0.2) is 6.54 Å². The summed E-state index contributed by atoms with van der Waals surface area (Å²) in [7, 11) is 0. The number of hydrogen-bond donors (Lipinski definition) is 0. The van der Waals surface area contributed by atoms with Gasteiger partial charge >= 0.3 is 18.1 Å². The van der Waals surface area contributed by atoms with Crippen LogP contribution in [0.1, 0.15) is 22.6 Å². The zero-order valence-electron chi connectivity index (χ0n) is 19.3. The van der Waals surface area contributed by atoms with Gasteiger partial charge in [-0.3, -0.25) is 0 Å². The summed E-state index contributed by atoms with van der Waals surface area (Å²) < 4.78 is 45.3. The maximum atomic E-state index is 13.6. The third kappa shape index (κ3) is 4.15. The lowest BCUT2D eigenvalue weighted by atomic mass is 9.94. The van der Waals surface area contributed by atoms with Gasteiger partial charge in [-0.25, -0.2) is 4.79 Å². The number of amides is 3. The highest BCUT2D eigenvalue weighted by Crippen LogP contribution is 2.31. The van der Waals surface area contributed by atoms with Gasteiger partial charge in [0.05, 0.1) is 5.56 Å². The molecule has 0 saturated carbocycles. The van der Waals surface area contributed by atoms with Crippen molar-refractivity contribution in [2.24, 2.45) is 5.92 Å². The van der Waals surface area contributed by atoms with Crippen molar-refractivity contribution < 1.29 is 31.9 Å². The Kier molecular flexibility index (Phi) is 5.66. The van der Waals surface area contributed by atoms with Crippen LogP contribution in [0.15, 0.2) is 71.3 Å². The van der Waals surface area contributed by atoms with Crippen LogP contribution in [0.25, 0.3) is 11.4 Å². The topological polar surface area (TPSA) is 79.3 Å². The number of allylic oxidation sites excluding steroid dienone is 3. The number of carbonyl (C=O) groups is 2. The summed E-state index contributed by atoms with van der Waals surface area (Å²) in [5.74, 6) is -0.884. The molecule has 2 heterocycles. The van der Waals surface area contributed by atoms with Gasteiger partial charge in [0.1, 0.15) is 17.3 Å². The predicted molar refractivity (Wildman–Crippen MR) is 124 cm³/mol. The standard InChI is InChI=1S/C26H20F3N4O3/c1-15-7-12-19(13-16(15)2)33-24(34)20-5-3-4-6-21(20)32(25(33)35)14-22-30-23(31-36-22)17-8-10-18(11-9-17)26(27,28)29/h3-13,20H,14H2,1-2H3/q+1. The highest BCUT2D eigenvalue weighted by molar-refractivity contribution is 6.25. The van der Waals surface area contributed by atoms with E-state index in [9.17, 15) is 22.8 Å². The van der Waals surface area contributed by atoms with Crippen LogP contribution in [0, 0.1) is 19.8 Å². The average Bonchev–Trinajstić information content (AvgIpc) is 3.32. The fourth-order valence-electron chi connectivity index (χ4n) is 4.10. The van der Waals surface area contributed by atoms with Crippen LogP contribution in [0.5, 0.6) is 0 Å². The van der Waals surface area contributed by atoms with Crippen molar-refractivity contribution in [2.45, 2.75) is 26.6 Å². The molecule has 1 unspecified atom stereocenters.